The topological polar surface area (TPSA) is 89.7 Å². The van der Waals surface area contributed by atoms with Gasteiger partial charge in [-0.1, -0.05) is 17.7 Å². The Labute approximate surface area is 124 Å². The van der Waals surface area contributed by atoms with Gasteiger partial charge in [0.05, 0.1) is 9.95 Å². The number of nitrogens with zero attached hydrogens (tertiary/aromatic N) is 1. The molecule has 7 heteroatoms. The lowest BCUT2D eigenvalue weighted by Crippen LogP contribution is -2.01. The number of carboxylic acid groups (broad SMARTS) is 1. The highest BCUT2D eigenvalue weighted by Crippen LogP contribution is 2.32. The summed E-state index contributed by atoms with van der Waals surface area (Å²) in [7, 11) is 0. The molecule has 2 aromatic rings. The molecule has 0 spiro atoms. The van der Waals surface area contributed by atoms with E-state index in [0.717, 1.165) is 0 Å². The maximum absolute atomic E-state index is 11.2. The highest BCUT2D eigenvalue weighted by Gasteiger charge is 2.17. The zero-order valence-electron chi connectivity index (χ0n) is 10.9. The number of hydrogen-bond acceptors (Lipinski definition) is 4. The molecule has 0 saturated carbocycles. The summed E-state index contributed by atoms with van der Waals surface area (Å²) in [6.07, 6.45) is 0. The van der Waals surface area contributed by atoms with E-state index in [4.69, 9.17) is 21.4 Å². The number of aryl methyl sites for hydroxylation is 1. The standard InChI is InChI=1S/C14H10ClNO5/c1-8-7-9(5-6-11(8)16(19)20)21-12-4-2-3-10(15)13(12)14(17)18/h2-7H,1H3,(H,17,18). The second kappa shape index (κ2) is 5.80. The fourth-order valence-corrected chi connectivity index (χ4v) is 2.07. The molecule has 0 bridgehead atoms. The van der Waals surface area contributed by atoms with Crippen LogP contribution in [-0.2, 0) is 0 Å². The van der Waals surface area contributed by atoms with Crippen LogP contribution in [0.1, 0.15) is 15.9 Å². The number of aromatic carboxylic acids is 1. The van der Waals surface area contributed by atoms with Crippen LogP contribution < -0.4 is 4.74 Å². The van der Waals surface area contributed by atoms with Crippen LogP contribution in [0.2, 0.25) is 5.02 Å². The van der Waals surface area contributed by atoms with Crippen molar-refractivity contribution in [2.45, 2.75) is 6.92 Å². The van der Waals surface area contributed by atoms with Crippen LogP contribution >= 0.6 is 11.6 Å². The zero-order chi connectivity index (χ0) is 15.6. The molecule has 6 nitrogen and oxygen atoms in total. The molecule has 0 fully saturated rings. The Morgan fingerprint density at radius 3 is 2.62 bits per heavy atom. The number of carbonyl (C=O) groups is 1. The van der Waals surface area contributed by atoms with Crippen LogP contribution in [-0.4, -0.2) is 16.0 Å². The van der Waals surface area contributed by atoms with E-state index in [1.807, 2.05) is 0 Å². The van der Waals surface area contributed by atoms with Crippen LogP contribution in [0.3, 0.4) is 0 Å². The van der Waals surface area contributed by atoms with Crippen molar-refractivity contribution in [1.29, 1.82) is 0 Å². The third kappa shape index (κ3) is 3.11. The van der Waals surface area contributed by atoms with Gasteiger partial charge in [0.15, 0.2) is 0 Å². The molecule has 2 aromatic carbocycles. The molecule has 0 amide bonds. The molecule has 0 aliphatic rings. The molecule has 0 unspecified atom stereocenters. The fourth-order valence-electron chi connectivity index (χ4n) is 1.82. The van der Waals surface area contributed by atoms with Crippen LogP contribution in [0.5, 0.6) is 11.5 Å². The highest BCUT2D eigenvalue weighted by molar-refractivity contribution is 6.33. The van der Waals surface area contributed by atoms with E-state index < -0.39 is 10.9 Å². The third-order valence-electron chi connectivity index (χ3n) is 2.78. The first kappa shape index (κ1) is 14.8. The van der Waals surface area contributed by atoms with Crippen molar-refractivity contribution in [2.24, 2.45) is 0 Å². The Kier molecular flexibility index (Phi) is 4.09. The monoisotopic (exact) mass is 307 g/mol. The van der Waals surface area contributed by atoms with E-state index in [1.54, 1.807) is 13.0 Å². The van der Waals surface area contributed by atoms with Crippen LogP contribution in [0.25, 0.3) is 0 Å². The average Bonchev–Trinajstić information content (AvgIpc) is 2.37. The number of benzene rings is 2. The van der Waals surface area contributed by atoms with Gasteiger partial charge in [-0.2, -0.15) is 0 Å². The van der Waals surface area contributed by atoms with E-state index in [-0.39, 0.29) is 22.0 Å². The van der Waals surface area contributed by atoms with Gasteiger partial charge in [0.2, 0.25) is 0 Å². The van der Waals surface area contributed by atoms with Gasteiger partial charge >= 0.3 is 5.97 Å². The van der Waals surface area contributed by atoms with E-state index in [2.05, 4.69) is 0 Å². The Morgan fingerprint density at radius 1 is 1.33 bits per heavy atom. The summed E-state index contributed by atoms with van der Waals surface area (Å²) in [6, 6.07) is 8.63. The summed E-state index contributed by atoms with van der Waals surface area (Å²) >= 11 is 5.84. The molecule has 21 heavy (non-hydrogen) atoms. The normalized spacial score (nSPS) is 10.2. The molecule has 0 radical (unpaired) electrons. The SMILES string of the molecule is Cc1cc(Oc2cccc(Cl)c2C(=O)O)ccc1[N+](=O)[O-]. The third-order valence-corrected chi connectivity index (χ3v) is 3.10. The van der Waals surface area contributed by atoms with Gasteiger partial charge in [-0.3, -0.25) is 10.1 Å². The Bertz CT molecular complexity index is 729. The minimum Gasteiger partial charge on any atom is -0.478 e. The zero-order valence-corrected chi connectivity index (χ0v) is 11.6. The summed E-state index contributed by atoms with van der Waals surface area (Å²) in [5.41, 5.74) is 0.221. The van der Waals surface area contributed by atoms with Crippen molar-refractivity contribution >= 4 is 23.3 Å². The molecule has 0 aliphatic heterocycles. The summed E-state index contributed by atoms with van der Waals surface area (Å²) in [5.74, 6) is -0.847. The van der Waals surface area contributed by atoms with Gasteiger partial charge in [0.25, 0.3) is 5.69 Å². The van der Waals surface area contributed by atoms with Crippen molar-refractivity contribution in [3.63, 3.8) is 0 Å². The Hall–Kier alpha value is -2.60. The number of nitro groups is 1. The van der Waals surface area contributed by atoms with Gasteiger partial charge in [0.1, 0.15) is 17.1 Å². The van der Waals surface area contributed by atoms with Crippen LogP contribution in [0, 0.1) is 17.0 Å². The van der Waals surface area contributed by atoms with Crippen molar-refractivity contribution in [1.82, 2.24) is 0 Å². The fraction of sp³-hybridized carbons (Fsp3) is 0.0714. The summed E-state index contributed by atoms with van der Waals surface area (Å²) in [6.45, 7) is 1.57. The summed E-state index contributed by atoms with van der Waals surface area (Å²) in [4.78, 5) is 21.4. The first-order valence-electron chi connectivity index (χ1n) is 5.85. The molecule has 108 valence electrons. The number of carboxylic acids is 1. The molecule has 1 N–H and O–H groups in total. The summed E-state index contributed by atoms with van der Waals surface area (Å²) < 4.78 is 5.48. The van der Waals surface area contributed by atoms with E-state index in [0.29, 0.717) is 11.3 Å². The van der Waals surface area contributed by atoms with Crippen LogP contribution in [0.4, 0.5) is 5.69 Å². The minimum absolute atomic E-state index is 0.0353. The largest absolute Gasteiger partial charge is 0.478 e. The maximum Gasteiger partial charge on any atom is 0.341 e. The van der Waals surface area contributed by atoms with Gasteiger partial charge in [-0.05, 0) is 31.2 Å². The van der Waals surface area contributed by atoms with Crippen molar-refractivity contribution in [3.05, 3.63) is 62.7 Å². The molecular weight excluding hydrogens is 298 g/mol. The van der Waals surface area contributed by atoms with Crippen molar-refractivity contribution < 1.29 is 19.6 Å². The van der Waals surface area contributed by atoms with Gasteiger partial charge in [-0.15, -0.1) is 0 Å². The molecule has 2 rings (SSSR count). The smallest absolute Gasteiger partial charge is 0.341 e. The number of ether oxygens (including phenoxy) is 1. The lowest BCUT2D eigenvalue weighted by atomic mass is 10.2. The second-order valence-electron chi connectivity index (χ2n) is 4.23. The molecule has 0 heterocycles. The lowest BCUT2D eigenvalue weighted by Gasteiger charge is -2.10. The van der Waals surface area contributed by atoms with E-state index in [9.17, 15) is 14.9 Å². The predicted molar refractivity (Wildman–Crippen MR) is 76.3 cm³/mol. The number of hydrogen-bond donors (Lipinski definition) is 1. The highest BCUT2D eigenvalue weighted by atomic mass is 35.5. The van der Waals surface area contributed by atoms with Gasteiger partial charge < -0.3 is 9.84 Å². The van der Waals surface area contributed by atoms with E-state index >= 15 is 0 Å². The van der Waals surface area contributed by atoms with Gasteiger partial charge in [-0.25, -0.2) is 4.79 Å². The predicted octanol–water partition coefficient (Wildman–Crippen LogP) is 4.05. The Balaban J connectivity index is 2.39. The maximum atomic E-state index is 11.2. The lowest BCUT2D eigenvalue weighted by molar-refractivity contribution is -0.385. The van der Waals surface area contributed by atoms with Crippen molar-refractivity contribution in [3.8, 4) is 11.5 Å². The summed E-state index contributed by atoms with van der Waals surface area (Å²) in [5, 5.41) is 19.9. The molecule has 0 atom stereocenters. The number of halogens is 1. The quantitative estimate of drug-likeness (QED) is 0.680. The molecular formula is C14H10ClNO5. The average molecular weight is 308 g/mol. The van der Waals surface area contributed by atoms with Crippen LogP contribution in [0.15, 0.2) is 36.4 Å². The molecule has 0 aliphatic carbocycles. The Morgan fingerprint density at radius 2 is 2.05 bits per heavy atom. The first-order valence-corrected chi connectivity index (χ1v) is 6.22. The molecule has 0 saturated heterocycles. The van der Waals surface area contributed by atoms with Crippen molar-refractivity contribution in [2.75, 3.05) is 0 Å². The van der Waals surface area contributed by atoms with E-state index in [1.165, 1.54) is 30.3 Å². The second-order valence-corrected chi connectivity index (χ2v) is 4.63. The number of nitro benzene ring substituents is 1. The molecule has 0 aromatic heterocycles. The van der Waals surface area contributed by atoms with Gasteiger partial charge in [0, 0.05) is 11.6 Å². The first-order chi connectivity index (χ1) is 9.90. The minimum atomic E-state index is -1.21. The number of rotatable bonds is 4.